The van der Waals surface area contributed by atoms with E-state index < -0.39 is 9.84 Å². The van der Waals surface area contributed by atoms with Crippen molar-refractivity contribution in [1.29, 1.82) is 0 Å². The summed E-state index contributed by atoms with van der Waals surface area (Å²) >= 11 is 0. The fourth-order valence-electron chi connectivity index (χ4n) is 1.95. The Morgan fingerprint density at radius 2 is 2.05 bits per heavy atom. The molecule has 0 saturated heterocycles. The van der Waals surface area contributed by atoms with Crippen molar-refractivity contribution < 1.29 is 13.2 Å². The molecule has 0 bridgehead atoms. The molecule has 0 heterocycles. The average Bonchev–Trinajstić information content (AvgIpc) is 2.37. The maximum atomic E-state index is 11.6. The van der Waals surface area contributed by atoms with E-state index in [-0.39, 0.29) is 17.5 Å². The van der Waals surface area contributed by atoms with Crippen LogP contribution in [0.5, 0.6) is 5.75 Å². The molecule has 0 saturated carbocycles. The molecule has 0 spiro atoms. The summed E-state index contributed by atoms with van der Waals surface area (Å²) in [6.07, 6.45) is 1.83. The van der Waals surface area contributed by atoms with Crippen molar-refractivity contribution in [1.82, 2.24) is 0 Å². The van der Waals surface area contributed by atoms with Gasteiger partial charge in [0, 0.05) is 11.8 Å². The van der Waals surface area contributed by atoms with Gasteiger partial charge in [-0.05, 0) is 37.0 Å². The van der Waals surface area contributed by atoms with E-state index >= 15 is 0 Å². The Balaban J connectivity index is 2.49. The quantitative estimate of drug-likeness (QED) is 0.790. The van der Waals surface area contributed by atoms with Crippen LogP contribution in [0.2, 0.25) is 0 Å². The van der Waals surface area contributed by atoms with Gasteiger partial charge in [-0.2, -0.15) is 0 Å². The molecule has 0 radical (unpaired) electrons. The minimum Gasteiger partial charge on any atom is -0.497 e. The molecule has 1 atom stereocenters. The van der Waals surface area contributed by atoms with E-state index in [0.717, 1.165) is 11.3 Å². The Kier molecular flexibility index (Phi) is 6.31. The lowest BCUT2D eigenvalue weighted by atomic mass is 10.0. The first-order valence-electron chi connectivity index (χ1n) is 6.55. The van der Waals surface area contributed by atoms with Crippen LogP contribution in [-0.2, 0) is 16.3 Å². The summed E-state index contributed by atoms with van der Waals surface area (Å²) in [4.78, 5) is 0. The third-order valence-corrected chi connectivity index (χ3v) is 4.83. The third-order valence-electron chi connectivity index (χ3n) is 2.95. The molecule has 1 rings (SSSR count). The van der Waals surface area contributed by atoms with Crippen molar-refractivity contribution in [3.05, 3.63) is 29.8 Å². The van der Waals surface area contributed by atoms with Crippen LogP contribution >= 0.6 is 0 Å². The van der Waals surface area contributed by atoms with Crippen molar-refractivity contribution >= 4 is 9.84 Å². The lowest BCUT2D eigenvalue weighted by Crippen LogP contribution is -2.26. The number of sulfone groups is 1. The van der Waals surface area contributed by atoms with Crippen LogP contribution in [-0.4, -0.2) is 33.1 Å². The summed E-state index contributed by atoms with van der Waals surface area (Å²) in [5.41, 5.74) is 7.06. The Morgan fingerprint density at radius 3 is 2.68 bits per heavy atom. The number of ether oxygens (including phenoxy) is 1. The molecule has 0 aliphatic carbocycles. The van der Waals surface area contributed by atoms with E-state index in [9.17, 15) is 8.42 Å². The van der Waals surface area contributed by atoms with E-state index in [1.54, 1.807) is 7.11 Å². The monoisotopic (exact) mass is 285 g/mol. The van der Waals surface area contributed by atoms with E-state index in [0.29, 0.717) is 19.3 Å². The molecule has 0 aliphatic rings. The second-order valence-electron chi connectivity index (χ2n) is 4.76. The molecular weight excluding hydrogens is 262 g/mol. The zero-order valence-electron chi connectivity index (χ0n) is 11.6. The van der Waals surface area contributed by atoms with E-state index in [1.807, 2.05) is 31.2 Å². The van der Waals surface area contributed by atoms with E-state index in [1.165, 1.54) is 0 Å². The molecular formula is C14H23NO3S. The highest BCUT2D eigenvalue weighted by molar-refractivity contribution is 7.91. The zero-order chi connectivity index (χ0) is 14.3. The Bertz CT molecular complexity index is 485. The van der Waals surface area contributed by atoms with Crippen LogP contribution in [0, 0.1) is 0 Å². The van der Waals surface area contributed by atoms with E-state index in [4.69, 9.17) is 10.5 Å². The van der Waals surface area contributed by atoms with Gasteiger partial charge >= 0.3 is 0 Å². The van der Waals surface area contributed by atoms with Gasteiger partial charge in [-0.1, -0.05) is 19.1 Å². The van der Waals surface area contributed by atoms with Crippen LogP contribution in [0.1, 0.15) is 25.3 Å². The van der Waals surface area contributed by atoms with Gasteiger partial charge in [0.25, 0.3) is 0 Å². The largest absolute Gasteiger partial charge is 0.497 e. The molecule has 19 heavy (non-hydrogen) atoms. The lowest BCUT2D eigenvalue weighted by Gasteiger charge is -2.12. The average molecular weight is 285 g/mol. The minimum absolute atomic E-state index is 0.140. The predicted molar refractivity (Wildman–Crippen MR) is 78.2 cm³/mol. The highest BCUT2D eigenvalue weighted by atomic mass is 32.2. The molecule has 0 aliphatic heterocycles. The normalized spacial score (nSPS) is 13.2. The third kappa shape index (κ3) is 6.07. The highest BCUT2D eigenvalue weighted by Gasteiger charge is 2.13. The fraction of sp³-hybridized carbons (Fsp3) is 0.571. The van der Waals surface area contributed by atoms with E-state index in [2.05, 4.69) is 0 Å². The van der Waals surface area contributed by atoms with Gasteiger partial charge in [0.2, 0.25) is 0 Å². The number of hydrogen-bond acceptors (Lipinski definition) is 4. The maximum Gasteiger partial charge on any atom is 0.150 e. The summed E-state index contributed by atoms with van der Waals surface area (Å²) in [5.74, 6) is 1.22. The topological polar surface area (TPSA) is 69.4 Å². The van der Waals surface area contributed by atoms with Crippen LogP contribution in [0.4, 0.5) is 0 Å². The SMILES string of the molecule is CCCS(=O)(=O)CCC(N)Cc1cccc(OC)c1. The number of benzene rings is 1. The van der Waals surface area contributed by atoms with Crippen LogP contribution in [0.3, 0.4) is 0 Å². The minimum atomic E-state index is -2.94. The molecule has 2 N–H and O–H groups in total. The summed E-state index contributed by atoms with van der Waals surface area (Å²) in [5, 5.41) is 0. The molecule has 0 aromatic heterocycles. The Morgan fingerprint density at radius 1 is 1.32 bits per heavy atom. The second-order valence-corrected chi connectivity index (χ2v) is 7.06. The van der Waals surface area contributed by atoms with Crippen molar-refractivity contribution in [3.63, 3.8) is 0 Å². The Labute approximate surface area is 115 Å². The van der Waals surface area contributed by atoms with Gasteiger partial charge in [-0.15, -0.1) is 0 Å². The van der Waals surface area contributed by atoms with Crippen molar-refractivity contribution in [2.24, 2.45) is 5.73 Å². The van der Waals surface area contributed by atoms with Gasteiger partial charge in [-0.3, -0.25) is 0 Å². The van der Waals surface area contributed by atoms with Gasteiger partial charge < -0.3 is 10.5 Å². The molecule has 0 amide bonds. The summed E-state index contributed by atoms with van der Waals surface area (Å²) in [6.45, 7) is 1.87. The standard InChI is InChI=1S/C14H23NO3S/c1-3-8-19(16,17)9-7-13(15)10-12-5-4-6-14(11-12)18-2/h4-6,11,13H,3,7-10,15H2,1-2H3. The lowest BCUT2D eigenvalue weighted by molar-refractivity contribution is 0.414. The molecule has 5 heteroatoms. The van der Waals surface area contributed by atoms with Gasteiger partial charge in [-0.25, -0.2) is 8.42 Å². The molecule has 1 aromatic rings. The van der Waals surface area contributed by atoms with Crippen LogP contribution in [0.25, 0.3) is 0 Å². The van der Waals surface area contributed by atoms with Crippen LogP contribution in [0.15, 0.2) is 24.3 Å². The number of rotatable bonds is 8. The van der Waals surface area contributed by atoms with Gasteiger partial charge in [0.15, 0.2) is 0 Å². The Hall–Kier alpha value is -1.07. The predicted octanol–water partition coefficient (Wildman–Crippen LogP) is 1.78. The number of nitrogens with two attached hydrogens (primary N) is 1. The van der Waals surface area contributed by atoms with Crippen LogP contribution < -0.4 is 10.5 Å². The molecule has 108 valence electrons. The van der Waals surface area contributed by atoms with Gasteiger partial charge in [0.1, 0.15) is 15.6 Å². The second kappa shape index (κ2) is 7.50. The molecule has 0 fully saturated rings. The fourth-order valence-corrected chi connectivity index (χ4v) is 3.44. The highest BCUT2D eigenvalue weighted by Crippen LogP contribution is 2.14. The molecule has 4 nitrogen and oxygen atoms in total. The van der Waals surface area contributed by atoms with Crippen molar-refractivity contribution in [2.75, 3.05) is 18.6 Å². The number of methoxy groups -OCH3 is 1. The first-order chi connectivity index (χ1) is 8.96. The summed E-state index contributed by atoms with van der Waals surface area (Å²) in [6, 6.07) is 7.55. The first kappa shape index (κ1) is 16.0. The zero-order valence-corrected chi connectivity index (χ0v) is 12.4. The molecule has 1 aromatic carbocycles. The van der Waals surface area contributed by atoms with Crippen molar-refractivity contribution in [2.45, 2.75) is 32.2 Å². The number of hydrogen-bond donors (Lipinski definition) is 1. The van der Waals surface area contributed by atoms with Crippen molar-refractivity contribution in [3.8, 4) is 5.75 Å². The smallest absolute Gasteiger partial charge is 0.150 e. The summed E-state index contributed by atoms with van der Waals surface area (Å²) < 4.78 is 28.4. The first-order valence-corrected chi connectivity index (χ1v) is 8.38. The van der Waals surface area contributed by atoms with Gasteiger partial charge in [0.05, 0.1) is 12.9 Å². The maximum absolute atomic E-state index is 11.6. The summed E-state index contributed by atoms with van der Waals surface area (Å²) in [7, 11) is -1.32. The molecule has 1 unspecified atom stereocenters.